The number of piperazine rings is 1. The lowest BCUT2D eigenvalue weighted by Gasteiger charge is -2.53. The second-order valence-corrected chi connectivity index (χ2v) is 8.83. The maximum atomic E-state index is 13.5. The fourth-order valence-electron chi connectivity index (χ4n) is 5.46. The SMILES string of the molecule is CCC1(C(=O)N2CC3CCC2CN3C(=O)c2ccc3cc[nH]c3c2)CCOCC1. The lowest BCUT2D eigenvalue weighted by molar-refractivity contribution is -0.157. The molecule has 29 heavy (non-hydrogen) atoms. The van der Waals surface area contributed by atoms with E-state index in [0.29, 0.717) is 26.3 Å². The van der Waals surface area contributed by atoms with Gasteiger partial charge in [-0.3, -0.25) is 9.59 Å². The fourth-order valence-corrected chi connectivity index (χ4v) is 5.46. The molecular formula is C23H29N3O3. The van der Waals surface area contributed by atoms with E-state index in [9.17, 15) is 9.59 Å². The van der Waals surface area contributed by atoms with Crippen molar-refractivity contribution in [2.24, 2.45) is 5.41 Å². The fraction of sp³-hybridized carbons (Fsp3) is 0.565. The van der Waals surface area contributed by atoms with E-state index in [0.717, 1.165) is 48.6 Å². The van der Waals surface area contributed by atoms with Crippen molar-refractivity contribution in [3.63, 3.8) is 0 Å². The third-order valence-corrected chi connectivity index (χ3v) is 7.43. The summed E-state index contributed by atoms with van der Waals surface area (Å²) >= 11 is 0. The molecule has 2 aromatic rings. The average Bonchev–Trinajstić information content (AvgIpc) is 3.26. The van der Waals surface area contributed by atoms with Crippen LogP contribution in [0.5, 0.6) is 0 Å². The van der Waals surface area contributed by atoms with Gasteiger partial charge in [-0.15, -0.1) is 0 Å². The van der Waals surface area contributed by atoms with Gasteiger partial charge in [0.1, 0.15) is 0 Å². The smallest absolute Gasteiger partial charge is 0.254 e. The number of amides is 2. The van der Waals surface area contributed by atoms with E-state index in [1.165, 1.54) is 0 Å². The highest BCUT2D eigenvalue weighted by Gasteiger charge is 2.48. The highest BCUT2D eigenvalue weighted by Crippen LogP contribution is 2.40. The Hall–Kier alpha value is -2.34. The molecule has 0 aliphatic carbocycles. The zero-order valence-electron chi connectivity index (χ0n) is 17.0. The maximum Gasteiger partial charge on any atom is 0.254 e. The number of ether oxygens (including phenoxy) is 1. The summed E-state index contributed by atoms with van der Waals surface area (Å²) in [6.45, 7) is 4.79. The minimum absolute atomic E-state index is 0.0829. The summed E-state index contributed by atoms with van der Waals surface area (Å²) in [6.07, 6.45) is 6.36. The predicted molar refractivity (Wildman–Crippen MR) is 111 cm³/mol. The van der Waals surface area contributed by atoms with Crippen molar-refractivity contribution >= 4 is 22.7 Å². The van der Waals surface area contributed by atoms with Gasteiger partial charge in [-0.05, 0) is 55.7 Å². The van der Waals surface area contributed by atoms with Crippen molar-refractivity contribution in [2.75, 3.05) is 26.3 Å². The lowest BCUT2D eigenvalue weighted by Crippen LogP contribution is -2.67. The Morgan fingerprint density at radius 2 is 1.83 bits per heavy atom. The first-order valence-electron chi connectivity index (χ1n) is 10.9. The van der Waals surface area contributed by atoms with Crippen LogP contribution < -0.4 is 0 Å². The molecule has 0 spiro atoms. The highest BCUT2D eigenvalue weighted by atomic mass is 16.5. The van der Waals surface area contributed by atoms with Gasteiger partial charge >= 0.3 is 0 Å². The highest BCUT2D eigenvalue weighted by molar-refractivity contribution is 5.98. The molecule has 154 valence electrons. The summed E-state index contributed by atoms with van der Waals surface area (Å²) in [5.74, 6) is 0.373. The second-order valence-electron chi connectivity index (χ2n) is 8.83. The van der Waals surface area contributed by atoms with E-state index in [1.807, 2.05) is 35.4 Å². The van der Waals surface area contributed by atoms with Gasteiger partial charge in [-0.1, -0.05) is 13.0 Å². The molecule has 1 N–H and O–H groups in total. The molecule has 4 saturated heterocycles. The Morgan fingerprint density at radius 1 is 1.10 bits per heavy atom. The summed E-state index contributed by atoms with van der Waals surface area (Å²) in [6, 6.07) is 8.11. The minimum Gasteiger partial charge on any atom is -0.381 e. The number of aromatic amines is 1. The van der Waals surface area contributed by atoms with Crippen molar-refractivity contribution in [1.29, 1.82) is 0 Å². The van der Waals surface area contributed by atoms with Crippen molar-refractivity contribution in [3.8, 4) is 0 Å². The molecule has 2 amide bonds. The quantitative estimate of drug-likeness (QED) is 0.868. The van der Waals surface area contributed by atoms with Crippen LogP contribution in [-0.2, 0) is 9.53 Å². The van der Waals surface area contributed by atoms with Gasteiger partial charge < -0.3 is 19.5 Å². The molecule has 2 atom stereocenters. The van der Waals surface area contributed by atoms with Crippen LogP contribution in [0.4, 0.5) is 0 Å². The maximum absolute atomic E-state index is 13.5. The van der Waals surface area contributed by atoms with E-state index in [2.05, 4.69) is 16.8 Å². The Labute approximate surface area is 171 Å². The van der Waals surface area contributed by atoms with Gasteiger partial charge in [0.05, 0.1) is 5.41 Å². The summed E-state index contributed by atoms with van der Waals surface area (Å²) < 4.78 is 5.52. The third-order valence-electron chi connectivity index (χ3n) is 7.43. The number of benzene rings is 1. The number of aromatic nitrogens is 1. The third kappa shape index (κ3) is 3.05. The Bertz CT molecular complexity index is 930. The van der Waals surface area contributed by atoms with Gasteiger partial charge in [0.2, 0.25) is 5.91 Å². The zero-order chi connectivity index (χ0) is 20.0. The van der Waals surface area contributed by atoms with Crippen LogP contribution in [0.2, 0.25) is 0 Å². The lowest BCUT2D eigenvalue weighted by atomic mass is 9.75. The van der Waals surface area contributed by atoms with Crippen molar-refractivity contribution in [3.05, 3.63) is 36.0 Å². The standard InChI is InChI=1S/C23H29N3O3/c1-2-23(8-11-29-12-9-23)22(28)26-15-18-5-6-19(26)14-25(18)21(27)17-4-3-16-7-10-24-20(16)13-17/h3-4,7,10,13,18-19,24H,2,5-6,8-9,11-12,14-15H2,1H3. The van der Waals surface area contributed by atoms with Gasteiger partial charge in [0.25, 0.3) is 5.91 Å². The van der Waals surface area contributed by atoms with Crippen molar-refractivity contribution in [2.45, 2.75) is 51.1 Å². The average molecular weight is 396 g/mol. The number of hydrogen-bond donors (Lipinski definition) is 1. The number of hydrogen-bond acceptors (Lipinski definition) is 3. The zero-order valence-corrected chi connectivity index (χ0v) is 17.0. The van der Waals surface area contributed by atoms with Crippen LogP contribution in [-0.4, -0.2) is 65.0 Å². The van der Waals surface area contributed by atoms with Crippen LogP contribution in [0.1, 0.15) is 49.4 Å². The first-order chi connectivity index (χ1) is 14.1. The number of piperidine rings is 2. The number of fused-ring (bicyclic) bond motifs is 4. The van der Waals surface area contributed by atoms with Crippen LogP contribution >= 0.6 is 0 Å². The topological polar surface area (TPSA) is 65.6 Å². The molecule has 4 aliphatic heterocycles. The van der Waals surface area contributed by atoms with Gasteiger partial charge in [0.15, 0.2) is 0 Å². The van der Waals surface area contributed by atoms with Crippen LogP contribution in [0.15, 0.2) is 30.5 Å². The molecule has 1 aromatic carbocycles. The van der Waals surface area contributed by atoms with Crippen molar-refractivity contribution in [1.82, 2.24) is 14.8 Å². The number of H-pyrrole nitrogens is 1. The van der Waals surface area contributed by atoms with Gasteiger partial charge in [0, 0.05) is 55.7 Å². The number of carbonyl (C=O) groups is 2. The predicted octanol–water partition coefficient (Wildman–Crippen LogP) is 3.19. The molecule has 0 radical (unpaired) electrons. The molecule has 4 fully saturated rings. The summed E-state index contributed by atoms with van der Waals surface area (Å²) in [5, 5.41) is 1.11. The molecule has 6 nitrogen and oxygen atoms in total. The molecule has 6 heteroatoms. The normalized spacial score (nSPS) is 26.1. The Kier molecular flexibility index (Phi) is 4.62. The molecule has 2 bridgehead atoms. The van der Waals surface area contributed by atoms with Crippen LogP contribution in [0, 0.1) is 5.41 Å². The summed E-state index contributed by atoms with van der Waals surface area (Å²) in [5.41, 5.74) is 1.43. The summed E-state index contributed by atoms with van der Waals surface area (Å²) in [7, 11) is 0. The number of carbonyl (C=O) groups excluding carboxylic acids is 2. The number of nitrogens with zero attached hydrogens (tertiary/aromatic N) is 2. The first-order valence-corrected chi connectivity index (χ1v) is 10.9. The largest absolute Gasteiger partial charge is 0.381 e. The first kappa shape index (κ1) is 18.7. The molecule has 6 rings (SSSR count). The monoisotopic (exact) mass is 395 g/mol. The number of rotatable bonds is 3. The molecular weight excluding hydrogens is 366 g/mol. The summed E-state index contributed by atoms with van der Waals surface area (Å²) in [4.78, 5) is 34.1. The van der Waals surface area contributed by atoms with E-state index < -0.39 is 0 Å². The van der Waals surface area contributed by atoms with Gasteiger partial charge in [-0.2, -0.15) is 0 Å². The van der Waals surface area contributed by atoms with E-state index >= 15 is 0 Å². The van der Waals surface area contributed by atoms with Crippen LogP contribution in [0.25, 0.3) is 10.9 Å². The number of nitrogens with one attached hydrogen (secondary N) is 1. The molecule has 4 aliphatic rings. The molecule has 2 unspecified atom stereocenters. The van der Waals surface area contributed by atoms with E-state index in [-0.39, 0.29) is 29.3 Å². The van der Waals surface area contributed by atoms with Crippen LogP contribution in [0.3, 0.4) is 0 Å². The minimum atomic E-state index is -0.275. The molecule has 5 heterocycles. The van der Waals surface area contributed by atoms with Crippen molar-refractivity contribution < 1.29 is 14.3 Å². The van der Waals surface area contributed by atoms with E-state index in [1.54, 1.807) is 0 Å². The van der Waals surface area contributed by atoms with Gasteiger partial charge in [-0.25, -0.2) is 0 Å². The molecule has 0 saturated carbocycles. The van der Waals surface area contributed by atoms with E-state index in [4.69, 9.17) is 4.74 Å². The Morgan fingerprint density at radius 3 is 2.52 bits per heavy atom. The Balaban J connectivity index is 1.34. The second kappa shape index (κ2) is 7.17. The molecule has 1 aromatic heterocycles.